The minimum Gasteiger partial charge on any atom is -0.482 e. The average molecular weight is 448 g/mol. The Morgan fingerprint density at radius 3 is 2.56 bits per heavy atom. The highest BCUT2D eigenvalue weighted by Gasteiger charge is 2.31. The molecule has 3 aromatic carbocycles. The van der Waals surface area contributed by atoms with Crippen LogP contribution in [0.4, 0.5) is 5.69 Å². The third-order valence-corrected chi connectivity index (χ3v) is 6.96. The van der Waals surface area contributed by atoms with Gasteiger partial charge in [0.25, 0.3) is 0 Å². The zero-order valence-electron chi connectivity index (χ0n) is 19.0. The Balaban J connectivity index is 1.60. The molecule has 0 saturated heterocycles. The van der Waals surface area contributed by atoms with Gasteiger partial charge in [-0.2, -0.15) is 0 Å². The van der Waals surface area contributed by atoms with Crippen molar-refractivity contribution in [2.45, 2.75) is 38.5 Å². The Bertz CT molecular complexity index is 1140. The van der Waals surface area contributed by atoms with Crippen LogP contribution in [0.25, 0.3) is 11.1 Å². The van der Waals surface area contributed by atoms with Crippen LogP contribution in [0, 0.1) is 19.8 Å². The molecular weight excluding hydrogens is 418 g/mol. The van der Waals surface area contributed by atoms with E-state index in [-0.39, 0.29) is 6.61 Å². The highest BCUT2D eigenvalue weighted by molar-refractivity contribution is 8.00. The number of aliphatic carboxylic acids is 1. The molecule has 0 saturated carbocycles. The molecule has 0 amide bonds. The standard InChI is InChI=1S/C27H29NO3S/c1-17(2)24-15-28(32-22-9-11-26(19(4)13-22)31-16-27(29)30)25-10-8-21(14-23(24)25)20-7-5-6-18(3)12-20/h5-14,17,24H,15-16H2,1-4H3,(H,29,30). The lowest BCUT2D eigenvalue weighted by atomic mass is 9.88. The summed E-state index contributed by atoms with van der Waals surface area (Å²) in [6.45, 7) is 9.30. The van der Waals surface area contributed by atoms with E-state index in [4.69, 9.17) is 9.84 Å². The summed E-state index contributed by atoms with van der Waals surface area (Å²) in [5, 5.41) is 8.84. The molecule has 3 aromatic rings. The summed E-state index contributed by atoms with van der Waals surface area (Å²) in [7, 11) is 0. The van der Waals surface area contributed by atoms with Gasteiger partial charge in [-0.05, 0) is 84.3 Å². The molecule has 1 unspecified atom stereocenters. The van der Waals surface area contributed by atoms with Gasteiger partial charge in [0.1, 0.15) is 5.75 Å². The quantitative estimate of drug-likeness (QED) is 0.408. The molecule has 0 aliphatic carbocycles. The normalized spacial score (nSPS) is 15.2. The van der Waals surface area contributed by atoms with Crippen LogP contribution in [0.2, 0.25) is 0 Å². The number of hydrogen-bond acceptors (Lipinski definition) is 4. The molecule has 0 aromatic heterocycles. The lowest BCUT2D eigenvalue weighted by Crippen LogP contribution is -2.16. The zero-order valence-corrected chi connectivity index (χ0v) is 19.8. The number of carboxylic acids is 1. The van der Waals surface area contributed by atoms with E-state index in [1.807, 2.05) is 19.1 Å². The van der Waals surface area contributed by atoms with Gasteiger partial charge in [0.15, 0.2) is 6.61 Å². The molecule has 1 heterocycles. The molecule has 0 fully saturated rings. The van der Waals surface area contributed by atoms with Crippen molar-refractivity contribution in [3.05, 3.63) is 77.4 Å². The summed E-state index contributed by atoms with van der Waals surface area (Å²) in [6, 6.07) is 21.4. The average Bonchev–Trinajstić information content (AvgIpc) is 3.11. The van der Waals surface area contributed by atoms with Crippen molar-refractivity contribution >= 4 is 23.6 Å². The maximum atomic E-state index is 10.8. The number of carbonyl (C=O) groups is 1. The number of anilines is 1. The number of ether oxygens (including phenoxy) is 1. The van der Waals surface area contributed by atoms with Crippen LogP contribution in [0.3, 0.4) is 0 Å². The minimum atomic E-state index is -0.971. The highest BCUT2D eigenvalue weighted by Crippen LogP contribution is 2.46. The second-order valence-electron chi connectivity index (χ2n) is 8.76. The summed E-state index contributed by atoms with van der Waals surface area (Å²) in [5.41, 5.74) is 7.41. The van der Waals surface area contributed by atoms with E-state index in [1.165, 1.54) is 27.9 Å². The van der Waals surface area contributed by atoms with Gasteiger partial charge in [0.05, 0.1) is 5.69 Å². The number of carboxylic acid groups (broad SMARTS) is 1. The Hall–Kier alpha value is -2.92. The van der Waals surface area contributed by atoms with Crippen molar-refractivity contribution in [1.29, 1.82) is 0 Å². The SMILES string of the molecule is Cc1cccc(-c2ccc3c(c2)C(C(C)C)CN3Sc2ccc(OCC(=O)O)c(C)c2)c1. The van der Waals surface area contributed by atoms with Crippen molar-refractivity contribution in [3.8, 4) is 16.9 Å². The molecular formula is C27H29NO3S. The predicted octanol–water partition coefficient (Wildman–Crippen LogP) is 6.70. The molecule has 4 nitrogen and oxygen atoms in total. The van der Waals surface area contributed by atoms with Crippen LogP contribution in [0.1, 0.15) is 36.5 Å². The van der Waals surface area contributed by atoms with Crippen LogP contribution >= 0.6 is 11.9 Å². The van der Waals surface area contributed by atoms with Crippen molar-refractivity contribution in [2.24, 2.45) is 5.92 Å². The fourth-order valence-electron chi connectivity index (χ4n) is 4.22. The molecule has 0 bridgehead atoms. The van der Waals surface area contributed by atoms with Gasteiger partial charge in [-0.15, -0.1) is 0 Å². The molecule has 166 valence electrons. The molecule has 4 rings (SSSR count). The molecule has 32 heavy (non-hydrogen) atoms. The third-order valence-electron chi connectivity index (χ3n) is 5.93. The number of rotatable bonds is 7. The Kier molecular flexibility index (Phi) is 6.47. The lowest BCUT2D eigenvalue weighted by molar-refractivity contribution is -0.139. The van der Waals surface area contributed by atoms with Crippen LogP contribution in [-0.2, 0) is 4.79 Å². The topological polar surface area (TPSA) is 49.8 Å². The molecule has 1 aliphatic heterocycles. The highest BCUT2D eigenvalue weighted by atomic mass is 32.2. The summed E-state index contributed by atoms with van der Waals surface area (Å²) >= 11 is 1.73. The summed E-state index contributed by atoms with van der Waals surface area (Å²) in [4.78, 5) is 11.9. The van der Waals surface area contributed by atoms with E-state index in [0.29, 0.717) is 17.6 Å². The monoisotopic (exact) mass is 447 g/mol. The predicted molar refractivity (Wildman–Crippen MR) is 132 cm³/mol. The molecule has 5 heteroatoms. The number of aryl methyl sites for hydroxylation is 2. The lowest BCUT2D eigenvalue weighted by Gasteiger charge is -2.20. The van der Waals surface area contributed by atoms with Gasteiger partial charge < -0.3 is 14.1 Å². The molecule has 0 radical (unpaired) electrons. The maximum Gasteiger partial charge on any atom is 0.341 e. The van der Waals surface area contributed by atoms with Crippen LogP contribution in [0.5, 0.6) is 5.75 Å². The van der Waals surface area contributed by atoms with Gasteiger partial charge in [0.2, 0.25) is 0 Å². The number of nitrogens with zero attached hydrogens (tertiary/aromatic N) is 1. The van der Waals surface area contributed by atoms with Crippen LogP contribution < -0.4 is 9.04 Å². The number of hydrogen-bond donors (Lipinski definition) is 1. The molecule has 1 atom stereocenters. The summed E-state index contributed by atoms with van der Waals surface area (Å²) in [6.07, 6.45) is 0. The number of benzene rings is 3. The van der Waals surface area contributed by atoms with E-state index in [9.17, 15) is 4.79 Å². The van der Waals surface area contributed by atoms with Crippen molar-refractivity contribution in [1.82, 2.24) is 0 Å². The maximum absolute atomic E-state index is 10.8. The van der Waals surface area contributed by atoms with Crippen molar-refractivity contribution < 1.29 is 14.6 Å². The van der Waals surface area contributed by atoms with E-state index in [1.54, 1.807) is 11.9 Å². The first-order chi connectivity index (χ1) is 15.3. The fourth-order valence-corrected chi connectivity index (χ4v) is 5.33. The van der Waals surface area contributed by atoms with Crippen LogP contribution in [0.15, 0.2) is 65.6 Å². The number of fused-ring (bicyclic) bond motifs is 1. The van der Waals surface area contributed by atoms with Crippen molar-refractivity contribution in [3.63, 3.8) is 0 Å². The minimum absolute atomic E-state index is 0.327. The first kappa shape index (κ1) is 22.3. The van der Waals surface area contributed by atoms with E-state index in [0.717, 1.165) is 17.0 Å². The fraction of sp³-hybridized carbons (Fsp3) is 0.296. The second-order valence-corrected chi connectivity index (χ2v) is 9.85. The van der Waals surface area contributed by atoms with E-state index >= 15 is 0 Å². The summed E-state index contributed by atoms with van der Waals surface area (Å²) in [5.74, 6) is 0.657. The van der Waals surface area contributed by atoms with Gasteiger partial charge in [-0.3, -0.25) is 0 Å². The van der Waals surface area contributed by atoms with E-state index < -0.39 is 5.97 Å². The smallest absolute Gasteiger partial charge is 0.341 e. The van der Waals surface area contributed by atoms with Gasteiger partial charge in [0, 0.05) is 17.4 Å². The molecule has 1 N–H and O–H groups in total. The van der Waals surface area contributed by atoms with Gasteiger partial charge in [-0.1, -0.05) is 49.7 Å². The molecule has 0 spiro atoms. The third kappa shape index (κ3) is 4.78. The second kappa shape index (κ2) is 9.29. The zero-order chi connectivity index (χ0) is 22.8. The largest absolute Gasteiger partial charge is 0.482 e. The first-order valence-electron chi connectivity index (χ1n) is 10.9. The first-order valence-corrected chi connectivity index (χ1v) is 11.7. The Morgan fingerprint density at radius 1 is 1.09 bits per heavy atom. The Labute approximate surface area is 194 Å². The Morgan fingerprint density at radius 2 is 1.88 bits per heavy atom. The molecule has 1 aliphatic rings. The van der Waals surface area contributed by atoms with Crippen LogP contribution in [-0.4, -0.2) is 24.2 Å². The van der Waals surface area contributed by atoms with Gasteiger partial charge >= 0.3 is 5.97 Å². The van der Waals surface area contributed by atoms with E-state index in [2.05, 4.69) is 73.6 Å². The summed E-state index contributed by atoms with van der Waals surface area (Å²) < 4.78 is 7.75. The van der Waals surface area contributed by atoms with Gasteiger partial charge in [-0.25, -0.2) is 4.79 Å². The van der Waals surface area contributed by atoms with Crippen molar-refractivity contribution in [2.75, 3.05) is 17.5 Å².